The highest BCUT2D eigenvalue weighted by Gasteiger charge is 2.11. The van der Waals surface area contributed by atoms with E-state index in [4.69, 9.17) is 4.74 Å². The van der Waals surface area contributed by atoms with Gasteiger partial charge in [0.05, 0.1) is 5.69 Å². The van der Waals surface area contributed by atoms with Crippen LogP contribution in [-0.2, 0) is 22.6 Å². The van der Waals surface area contributed by atoms with E-state index in [1.54, 1.807) is 0 Å². The summed E-state index contributed by atoms with van der Waals surface area (Å²) in [5.74, 6) is 0.212. The fourth-order valence-corrected chi connectivity index (χ4v) is 3.08. The summed E-state index contributed by atoms with van der Waals surface area (Å²) >= 11 is 1.40. The van der Waals surface area contributed by atoms with Crippen molar-refractivity contribution in [1.82, 2.24) is 14.6 Å². The van der Waals surface area contributed by atoms with Gasteiger partial charge in [-0.3, -0.25) is 9.59 Å². The van der Waals surface area contributed by atoms with Gasteiger partial charge in [0.2, 0.25) is 4.96 Å². The van der Waals surface area contributed by atoms with E-state index in [1.807, 2.05) is 6.92 Å². The Balaban J connectivity index is 2.11. The molecule has 2 heterocycles. The molecule has 2 aromatic rings. The molecule has 120 valence electrons. The number of ether oxygens (including phenoxy) is 1. The Morgan fingerprint density at radius 2 is 2.23 bits per heavy atom. The molecule has 2 rings (SSSR count). The Labute approximate surface area is 133 Å². The van der Waals surface area contributed by atoms with Crippen LogP contribution in [0.25, 0.3) is 4.96 Å². The smallest absolute Gasteiger partial charge is 0.306 e. The molecular weight excluding hydrogens is 302 g/mol. The van der Waals surface area contributed by atoms with Gasteiger partial charge >= 0.3 is 5.97 Å². The molecule has 22 heavy (non-hydrogen) atoms. The lowest BCUT2D eigenvalue weighted by Gasteiger charge is -2.03. The maximum atomic E-state index is 12.0. The van der Waals surface area contributed by atoms with Crippen molar-refractivity contribution in [3.8, 4) is 0 Å². The largest absolute Gasteiger partial charge is 0.459 e. The van der Waals surface area contributed by atoms with Gasteiger partial charge in [-0.15, -0.1) is 0 Å². The van der Waals surface area contributed by atoms with E-state index in [0.29, 0.717) is 23.0 Å². The van der Waals surface area contributed by atoms with Crippen molar-refractivity contribution in [1.29, 1.82) is 0 Å². The molecule has 0 atom stereocenters. The average molecular weight is 323 g/mol. The first-order valence-electron chi connectivity index (χ1n) is 7.54. The molecule has 0 N–H and O–H groups in total. The Morgan fingerprint density at radius 1 is 1.45 bits per heavy atom. The Bertz CT molecular complexity index is 706. The van der Waals surface area contributed by atoms with Gasteiger partial charge in [-0.25, -0.2) is 4.98 Å². The van der Waals surface area contributed by atoms with Crippen LogP contribution >= 0.6 is 11.3 Å². The summed E-state index contributed by atoms with van der Waals surface area (Å²) in [7, 11) is 0. The molecule has 0 aromatic carbocycles. The fraction of sp³-hybridized carbons (Fsp3) is 0.600. The number of nitrogens with zero attached hydrogens (tertiary/aromatic N) is 3. The van der Waals surface area contributed by atoms with Crippen LogP contribution in [0.2, 0.25) is 0 Å². The lowest BCUT2D eigenvalue weighted by atomic mass is 10.1. The normalized spacial score (nSPS) is 11.3. The molecule has 0 bridgehead atoms. The number of fused-ring (bicyclic) bond motifs is 1. The van der Waals surface area contributed by atoms with Crippen LogP contribution in [0, 0.1) is 5.92 Å². The van der Waals surface area contributed by atoms with Crippen LogP contribution in [-0.4, -0.2) is 20.6 Å². The van der Waals surface area contributed by atoms with Crippen LogP contribution in [0.5, 0.6) is 0 Å². The highest BCUT2D eigenvalue weighted by Crippen LogP contribution is 2.15. The van der Waals surface area contributed by atoms with E-state index in [1.165, 1.54) is 21.9 Å². The predicted octanol–water partition coefficient (Wildman–Crippen LogP) is 2.58. The van der Waals surface area contributed by atoms with E-state index < -0.39 is 0 Å². The zero-order chi connectivity index (χ0) is 16.1. The SMILES string of the molecule is CCCCC(=O)OCc1cc(=O)n2nc(CC(C)C)sc2n1. The highest BCUT2D eigenvalue weighted by atomic mass is 32.1. The first-order chi connectivity index (χ1) is 10.5. The van der Waals surface area contributed by atoms with Gasteiger partial charge in [-0.05, 0) is 12.3 Å². The number of aromatic nitrogens is 3. The predicted molar refractivity (Wildman–Crippen MR) is 85.0 cm³/mol. The van der Waals surface area contributed by atoms with Gasteiger partial charge in [0, 0.05) is 18.9 Å². The Morgan fingerprint density at radius 3 is 2.91 bits per heavy atom. The van der Waals surface area contributed by atoms with Gasteiger partial charge in [0.15, 0.2) is 0 Å². The molecule has 0 unspecified atom stereocenters. The number of esters is 1. The third-order valence-electron chi connectivity index (χ3n) is 3.04. The number of carbonyl (C=O) groups excluding carboxylic acids is 1. The van der Waals surface area contributed by atoms with Crippen molar-refractivity contribution in [2.24, 2.45) is 5.92 Å². The van der Waals surface area contributed by atoms with Crippen LogP contribution in [0.1, 0.15) is 50.7 Å². The number of unbranched alkanes of at least 4 members (excludes halogenated alkanes) is 1. The molecule has 0 radical (unpaired) electrons. The van der Waals surface area contributed by atoms with Crippen molar-refractivity contribution in [3.05, 3.63) is 27.1 Å². The van der Waals surface area contributed by atoms with Crippen molar-refractivity contribution < 1.29 is 9.53 Å². The molecule has 0 aliphatic heterocycles. The number of carbonyl (C=O) groups is 1. The second-order valence-electron chi connectivity index (χ2n) is 5.64. The van der Waals surface area contributed by atoms with Gasteiger partial charge < -0.3 is 4.74 Å². The van der Waals surface area contributed by atoms with Crippen molar-refractivity contribution in [2.45, 2.75) is 53.1 Å². The summed E-state index contributed by atoms with van der Waals surface area (Å²) in [6, 6.07) is 1.37. The maximum Gasteiger partial charge on any atom is 0.306 e. The van der Waals surface area contributed by atoms with E-state index in [-0.39, 0.29) is 18.1 Å². The molecular formula is C15H21N3O3S. The van der Waals surface area contributed by atoms with E-state index in [9.17, 15) is 9.59 Å². The lowest BCUT2D eigenvalue weighted by Crippen LogP contribution is -2.16. The quantitative estimate of drug-likeness (QED) is 0.732. The third-order valence-corrected chi connectivity index (χ3v) is 3.97. The lowest BCUT2D eigenvalue weighted by molar-refractivity contribution is -0.145. The topological polar surface area (TPSA) is 73.6 Å². The number of rotatable bonds is 7. The number of hydrogen-bond donors (Lipinski definition) is 0. The third kappa shape index (κ3) is 4.37. The minimum atomic E-state index is -0.256. The summed E-state index contributed by atoms with van der Waals surface area (Å²) in [5.41, 5.74) is 0.227. The summed E-state index contributed by atoms with van der Waals surface area (Å²) in [5, 5.41) is 5.17. The highest BCUT2D eigenvalue weighted by molar-refractivity contribution is 7.16. The van der Waals surface area contributed by atoms with Crippen LogP contribution in [0.3, 0.4) is 0 Å². The summed E-state index contributed by atoms with van der Waals surface area (Å²) < 4.78 is 6.45. The first kappa shape index (κ1) is 16.6. The summed E-state index contributed by atoms with van der Waals surface area (Å²) in [6.07, 6.45) is 2.97. The molecule has 2 aromatic heterocycles. The monoisotopic (exact) mass is 323 g/mol. The molecule has 0 saturated carbocycles. The first-order valence-corrected chi connectivity index (χ1v) is 8.35. The van der Waals surface area contributed by atoms with Gasteiger partial charge in [0.1, 0.15) is 11.6 Å². The second-order valence-corrected chi connectivity index (χ2v) is 6.68. The van der Waals surface area contributed by atoms with Crippen LogP contribution in [0.15, 0.2) is 10.9 Å². The zero-order valence-electron chi connectivity index (χ0n) is 13.2. The molecule has 0 aliphatic carbocycles. The molecule has 7 heteroatoms. The zero-order valence-corrected chi connectivity index (χ0v) is 14.0. The van der Waals surface area contributed by atoms with Gasteiger partial charge in [-0.2, -0.15) is 9.61 Å². The van der Waals surface area contributed by atoms with Gasteiger partial charge in [0.25, 0.3) is 5.56 Å². The second kappa shape index (κ2) is 7.49. The summed E-state index contributed by atoms with van der Waals surface area (Å²) in [4.78, 5) is 28.5. The Hall–Kier alpha value is -1.76. The minimum absolute atomic E-state index is 0.0334. The maximum absolute atomic E-state index is 12.0. The standard InChI is InChI=1S/C15H21N3O3S/c1-4-5-6-14(20)21-9-11-8-13(19)18-15(16-11)22-12(17-18)7-10(2)3/h8,10H,4-7,9H2,1-3H3. The van der Waals surface area contributed by atoms with Crippen LogP contribution < -0.4 is 5.56 Å². The molecule has 0 saturated heterocycles. The molecule has 0 amide bonds. The van der Waals surface area contributed by atoms with E-state index in [2.05, 4.69) is 23.9 Å². The Kier molecular flexibility index (Phi) is 5.65. The average Bonchev–Trinajstić information content (AvgIpc) is 2.85. The fourth-order valence-electron chi connectivity index (χ4n) is 1.95. The molecule has 0 fully saturated rings. The number of hydrogen-bond acceptors (Lipinski definition) is 6. The molecule has 0 aliphatic rings. The van der Waals surface area contributed by atoms with Gasteiger partial charge in [-0.1, -0.05) is 38.5 Å². The summed E-state index contributed by atoms with van der Waals surface area (Å²) in [6.45, 7) is 6.25. The molecule has 0 spiro atoms. The van der Waals surface area contributed by atoms with Crippen molar-refractivity contribution >= 4 is 22.3 Å². The molecule has 6 nitrogen and oxygen atoms in total. The van der Waals surface area contributed by atoms with E-state index >= 15 is 0 Å². The minimum Gasteiger partial charge on any atom is -0.459 e. The van der Waals surface area contributed by atoms with Crippen molar-refractivity contribution in [3.63, 3.8) is 0 Å². The van der Waals surface area contributed by atoms with E-state index in [0.717, 1.165) is 24.3 Å². The van der Waals surface area contributed by atoms with Crippen molar-refractivity contribution in [2.75, 3.05) is 0 Å². The van der Waals surface area contributed by atoms with Crippen LogP contribution in [0.4, 0.5) is 0 Å².